The molecule has 2 rings (SSSR count). The normalized spacial score (nSPS) is 34.9. The van der Waals surface area contributed by atoms with Gasteiger partial charge < -0.3 is 15.8 Å². The lowest BCUT2D eigenvalue weighted by Gasteiger charge is -2.31. The number of ether oxygens (including phenoxy) is 1. The van der Waals surface area contributed by atoms with Crippen LogP contribution in [-0.2, 0) is 4.74 Å². The van der Waals surface area contributed by atoms with Gasteiger partial charge in [-0.15, -0.1) is 0 Å². The molecule has 0 aromatic carbocycles. The summed E-state index contributed by atoms with van der Waals surface area (Å²) in [5.41, 5.74) is 6.11. The minimum Gasteiger partial charge on any atom is -0.377 e. The van der Waals surface area contributed by atoms with E-state index in [1.54, 1.807) is 0 Å². The van der Waals surface area contributed by atoms with E-state index < -0.39 is 0 Å². The summed E-state index contributed by atoms with van der Waals surface area (Å²) in [6, 6.07) is 0.618. The van der Waals surface area contributed by atoms with Crippen molar-refractivity contribution < 1.29 is 4.74 Å². The highest BCUT2D eigenvalue weighted by molar-refractivity contribution is 4.99. The van der Waals surface area contributed by atoms with Crippen LogP contribution in [0.5, 0.6) is 0 Å². The Morgan fingerprint density at radius 1 is 1.53 bits per heavy atom. The maximum Gasteiger partial charge on any atom is 0.0700 e. The van der Waals surface area contributed by atoms with Crippen molar-refractivity contribution in [3.63, 3.8) is 0 Å². The summed E-state index contributed by atoms with van der Waals surface area (Å²) >= 11 is 0. The molecule has 0 radical (unpaired) electrons. The standard InChI is InChI=1S/C13H27N3O/c1-11(2)16-6-5-13(9-14,10-16)15-8-12-4-3-7-17-12/h11-12,15H,3-10,14H2,1-2H3. The summed E-state index contributed by atoms with van der Waals surface area (Å²) < 4.78 is 5.66. The fourth-order valence-electron chi connectivity index (χ4n) is 2.86. The molecule has 0 spiro atoms. The van der Waals surface area contributed by atoms with Crippen LogP contribution in [0.4, 0.5) is 0 Å². The number of nitrogens with two attached hydrogens (primary N) is 1. The van der Waals surface area contributed by atoms with Crippen molar-refractivity contribution in [1.82, 2.24) is 10.2 Å². The molecule has 0 aromatic rings. The van der Waals surface area contributed by atoms with Gasteiger partial charge in [-0.3, -0.25) is 4.90 Å². The lowest BCUT2D eigenvalue weighted by Crippen LogP contribution is -2.55. The van der Waals surface area contributed by atoms with Crippen LogP contribution in [-0.4, -0.2) is 55.4 Å². The van der Waals surface area contributed by atoms with Crippen molar-refractivity contribution >= 4 is 0 Å². The maximum atomic E-state index is 5.99. The van der Waals surface area contributed by atoms with E-state index in [0.717, 1.165) is 39.2 Å². The van der Waals surface area contributed by atoms with Gasteiger partial charge in [0.2, 0.25) is 0 Å². The minimum absolute atomic E-state index is 0.121. The highest BCUT2D eigenvalue weighted by Crippen LogP contribution is 2.23. The zero-order valence-corrected chi connectivity index (χ0v) is 11.2. The molecule has 3 N–H and O–H groups in total. The second-order valence-electron chi connectivity index (χ2n) is 5.81. The van der Waals surface area contributed by atoms with Gasteiger partial charge in [-0.2, -0.15) is 0 Å². The second kappa shape index (κ2) is 5.65. The predicted octanol–water partition coefficient (Wildman–Crippen LogP) is 0.567. The smallest absolute Gasteiger partial charge is 0.0700 e. The van der Waals surface area contributed by atoms with Crippen LogP contribution in [0.1, 0.15) is 33.1 Å². The lowest BCUT2D eigenvalue weighted by atomic mass is 9.98. The lowest BCUT2D eigenvalue weighted by molar-refractivity contribution is 0.101. The summed E-state index contributed by atoms with van der Waals surface area (Å²) in [7, 11) is 0. The first kappa shape index (κ1) is 13.3. The SMILES string of the molecule is CC(C)N1CCC(CN)(NCC2CCCO2)C1. The molecule has 0 bridgehead atoms. The van der Waals surface area contributed by atoms with Gasteiger partial charge in [0.15, 0.2) is 0 Å². The molecule has 2 aliphatic rings. The molecule has 2 atom stereocenters. The topological polar surface area (TPSA) is 50.5 Å². The molecule has 2 saturated heterocycles. The van der Waals surface area contributed by atoms with Crippen molar-refractivity contribution in [1.29, 1.82) is 0 Å². The van der Waals surface area contributed by atoms with Crippen LogP contribution in [0.25, 0.3) is 0 Å². The molecule has 0 amide bonds. The number of hydrogen-bond acceptors (Lipinski definition) is 4. The zero-order valence-electron chi connectivity index (χ0n) is 11.2. The van der Waals surface area contributed by atoms with Gasteiger partial charge in [0.1, 0.15) is 0 Å². The van der Waals surface area contributed by atoms with Crippen molar-refractivity contribution in [3.8, 4) is 0 Å². The highest BCUT2D eigenvalue weighted by Gasteiger charge is 2.37. The molecule has 0 aromatic heterocycles. The average Bonchev–Trinajstić information content (AvgIpc) is 2.97. The van der Waals surface area contributed by atoms with Crippen LogP contribution < -0.4 is 11.1 Å². The second-order valence-corrected chi connectivity index (χ2v) is 5.81. The molecular weight excluding hydrogens is 214 g/mol. The van der Waals surface area contributed by atoms with Crippen LogP contribution in [0.15, 0.2) is 0 Å². The number of hydrogen-bond donors (Lipinski definition) is 2. The van der Waals surface area contributed by atoms with Crippen molar-refractivity contribution in [2.24, 2.45) is 5.73 Å². The summed E-state index contributed by atoms with van der Waals surface area (Å²) in [4.78, 5) is 2.51. The monoisotopic (exact) mass is 241 g/mol. The largest absolute Gasteiger partial charge is 0.377 e. The van der Waals surface area contributed by atoms with Crippen LogP contribution in [0.2, 0.25) is 0 Å². The molecule has 2 heterocycles. The van der Waals surface area contributed by atoms with E-state index in [9.17, 15) is 0 Å². The Kier molecular flexibility index (Phi) is 4.42. The molecule has 2 aliphatic heterocycles. The van der Waals surface area contributed by atoms with Gasteiger partial charge in [0.05, 0.1) is 6.10 Å². The predicted molar refractivity (Wildman–Crippen MR) is 70.1 cm³/mol. The van der Waals surface area contributed by atoms with Gasteiger partial charge in [-0.25, -0.2) is 0 Å². The fraction of sp³-hybridized carbons (Fsp3) is 1.00. The quantitative estimate of drug-likeness (QED) is 0.739. The van der Waals surface area contributed by atoms with Crippen molar-refractivity contribution in [3.05, 3.63) is 0 Å². The first-order chi connectivity index (χ1) is 8.15. The Morgan fingerprint density at radius 2 is 2.35 bits per heavy atom. The van der Waals surface area contributed by atoms with Gasteiger partial charge in [0.25, 0.3) is 0 Å². The van der Waals surface area contributed by atoms with Crippen molar-refractivity contribution in [2.45, 2.75) is 50.8 Å². The van der Waals surface area contributed by atoms with E-state index >= 15 is 0 Å². The first-order valence-corrected chi connectivity index (χ1v) is 6.96. The molecule has 0 aliphatic carbocycles. The maximum absolute atomic E-state index is 5.99. The third-order valence-corrected chi connectivity index (χ3v) is 4.23. The van der Waals surface area contributed by atoms with E-state index in [-0.39, 0.29) is 5.54 Å². The minimum atomic E-state index is 0.121. The number of nitrogens with one attached hydrogen (secondary N) is 1. The van der Waals surface area contributed by atoms with Gasteiger partial charge in [0, 0.05) is 44.4 Å². The number of nitrogens with zero attached hydrogens (tertiary/aromatic N) is 1. The summed E-state index contributed by atoms with van der Waals surface area (Å²) in [5.74, 6) is 0. The van der Waals surface area contributed by atoms with Gasteiger partial charge in [-0.05, 0) is 33.1 Å². The van der Waals surface area contributed by atoms with E-state index in [1.807, 2.05) is 0 Å². The molecular formula is C13H27N3O. The summed E-state index contributed by atoms with van der Waals surface area (Å²) in [6.07, 6.45) is 3.97. The van der Waals surface area contributed by atoms with Crippen LogP contribution >= 0.6 is 0 Å². The summed E-state index contributed by atoms with van der Waals surface area (Å²) in [6.45, 7) is 9.37. The summed E-state index contributed by atoms with van der Waals surface area (Å²) in [5, 5.41) is 3.68. The third-order valence-electron chi connectivity index (χ3n) is 4.23. The average molecular weight is 241 g/mol. The van der Waals surface area contributed by atoms with E-state index in [2.05, 4.69) is 24.1 Å². The van der Waals surface area contributed by atoms with Crippen LogP contribution in [0.3, 0.4) is 0 Å². The van der Waals surface area contributed by atoms with Crippen LogP contribution in [0, 0.1) is 0 Å². The van der Waals surface area contributed by atoms with Gasteiger partial charge >= 0.3 is 0 Å². The Bertz CT molecular complexity index is 241. The molecule has 17 heavy (non-hydrogen) atoms. The Morgan fingerprint density at radius 3 is 2.88 bits per heavy atom. The molecule has 2 fully saturated rings. The Labute approximate surface area is 105 Å². The Balaban J connectivity index is 1.83. The molecule has 2 unspecified atom stereocenters. The highest BCUT2D eigenvalue weighted by atomic mass is 16.5. The molecule has 4 heteroatoms. The van der Waals surface area contributed by atoms with E-state index in [0.29, 0.717) is 12.1 Å². The van der Waals surface area contributed by atoms with Gasteiger partial charge in [-0.1, -0.05) is 0 Å². The zero-order chi connectivity index (χ0) is 12.3. The van der Waals surface area contributed by atoms with E-state index in [4.69, 9.17) is 10.5 Å². The Hall–Kier alpha value is -0.160. The number of rotatable bonds is 5. The van der Waals surface area contributed by atoms with E-state index in [1.165, 1.54) is 12.8 Å². The molecule has 4 nitrogen and oxygen atoms in total. The fourth-order valence-corrected chi connectivity index (χ4v) is 2.86. The number of likely N-dealkylation sites (tertiary alicyclic amines) is 1. The first-order valence-electron chi connectivity index (χ1n) is 6.96. The van der Waals surface area contributed by atoms with Crippen molar-refractivity contribution in [2.75, 3.05) is 32.8 Å². The molecule has 100 valence electrons. The molecule has 0 saturated carbocycles. The third kappa shape index (κ3) is 3.19.